The third kappa shape index (κ3) is 3.84. The first-order chi connectivity index (χ1) is 14.7. The molecule has 0 unspecified atom stereocenters. The van der Waals surface area contributed by atoms with Gasteiger partial charge in [-0.15, -0.1) is 11.8 Å². The number of ether oxygens (including phenoxy) is 1. The lowest BCUT2D eigenvalue weighted by Gasteiger charge is -2.29. The standard InChI is InChI=1S/C23H20BrN3O2S/c24-18-7-5-16(6-8-18)19-13-30-23-21(19)22(25-14-26-23)29-12-20(28)27-10-9-15-3-1-2-4-17(15)11-27/h1-8,13-14,21,23H,9-12H2/t21-,23-/m1/s1. The molecule has 3 aliphatic heterocycles. The summed E-state index contributed by atoms with van der Waals surface area (Å²) in [4.78, 5) is 23.6. The van der Waals surface area contributed by atoms with E-state index in [0.29, 0.717) is 12.4 Å². The molecule has 0 N–H and O–H groups in total. The van der Waals surface area contributed by atoms with Gasteiger partial charge in [-0.3, -0.25) is 9.79 Å². The van der Waals surface area contributed by atoms with Crippen LogP contribution < -0.4 is 0 Å². The summed E-state index contributed by atoms with van der Waals surface area (Å²) >= 11 is 5.15. The first kappa shape index (κ1) is 19.6. The number of benzene rings is 2. The van der Waals surface area contributed by atoms with E-state index in [9.17, 15) is 4.79 Å². The quantitative estimate of drug-likeness (QED) is 0.647. The Balaban J connectivity index is 1.27. The van der Waals surface area contributed by atoms with Gasteiger partial charge in [-0.2, -0.15) is 0 Å². The van der Waals surface area contributed by atoms with Crippen molar-refractivity contribution in [2.24, 2.45) is 15.9 Å². The SMILES string of the molecule is O=C(COC1=NC=N[C@@H]2SC=C(c3ccc(Br)cc3)[C@H]12)N1CCc2ccccc2C1. The molecule has 3 heterocycles. The topological polar surface area (TPSA) is 54.3 Å². The third-order valence-corrected chi connectivity index (χ3v) is 7.22. The predicted molar refractivity (Wildman–Crippen MR) is 124 cm³/mol. The van der Waals surface area contributed by atoms with Crippen molar-refractivity contribution >= 4 is 51.4 Å². The van der Waals surface area contributed by atoms with Gasteiger partial charge in [0.1, 0.15) is 11.7 Å². The average Bonchev–Trinajstić information content (AvgIpc) is 3.22. The lowest BCUT2D eigenvalue weighted by atomic mass is 9.93. The second-order valence-electron chi connectivity index (χ2n) is 7.44. The fourth-order valence-corrected chi connectivity index (χ4v) is 5.39. The van der Waals surface area contributed by atoms with E-state index in [-0.39, 0.29) is 23.8 Å². The van der Waals surface area contributed by atoms with Crippen molar-refractivity contribution in [3.8, 4) is 0 Å². The Hall–Kier alpha value is -2.38. The van der Waals surface area contributed by atoms with E-state index in [4.69, 9.17) is 4.74 Å². The van der Waals surface area contributed by atoms with Gasteiger partial charge in [0.05, 0.1) is 5.92 Å². The Bertz CT molecular complexity index is 1060. The number of hydrogen-bond acceptors (Lipinski definition) is 5. The molecule has 7 heteroatoms. The molecule has 5 rings (SSSR count). The first-order valence-corrected chi connectivity index (χ1v) is 11.6. The lowest BCUT2D eigenvalue weighted by Crippen LogP contribution is -2.39. The van der Waals surface area contributed by atoms with Gasteiger partial charge in [0.25, 0.3) is 5.91 Å². The average molecular weight is 482 g/mol. The number of carbonyl (C=O) groups excluding carboxylic acids is 1. The number of carbonyl (C=O) groups is 1. The molecule has 2 aromatic rings. The number of nitrogens with zero attached hydrogens (tertiary/aromatic N) is 3. The summed E-state index contributed by atoms with van der Waals surface area (Å²) in [5, 5.41) is 2.14. The number of halogens is 1. The summed E-state index contributed by atoms with van der Waals surface area (Å²) < 4.78 is 7.02. The molecule has 0 aliphatic carbocycles. The Morgan fingerprint density at radius 2 is 1.97 bits per heavy atom. The van der Waals surface area contributed by atoms with E-state index >= 15 is 0 Å². The number of thioether (sulfide) groups is 1. The summed E-state index contributed by atoms with van der Waals surface area (Å²) in [6.45, 7) is 1.35. The van der Waals surface area contributed by atoms with Gasteiger partial charge < -0.3 is 9.64 Å². The molecule has 0 aromatic heterocycles. The Kier molecular flexibility index (Phi) is 5.48. The second kappa shape index (κ2) is 8.40. The second-order valence-corrected chi connectivity index (χ2v) is 9.35. The highest BCUT2D eigenvalue weighted by molar-refractivity contribution is 9.10. The number of fused-ring (bicyclic) bond motifs is 2. The molecule has 30 heavy (non-hydrogen) atoms. The first-order valence-electron chi connectivity index (χ1n) is 9.87. The minimum absolute atomic E-state index is 0.00363. The van der Waals surface area contributed by atoms with E-state index < -0.39 is 0 Å². The molecule has 2 aromatic carbocycles. The Morgan fingerprint density at radius 3 is 2.80 bits per heavy atom. The van der Waals surface area contributed by atoms with Crippen LogP contribution in [0.2, 0.25) is 0 Å². The van der Waals surface area contributed by atoms with Crippen LogP contribution in [-0.4, -0.2) is 41.6 Å². The smallest absolute Gasteiger partial charge is 0.260 e. The number of amides is 1. The van der Waals surface area contributed by atoms with Crippen molar-refractivity contribution in [3.05, 3.63) is 75.1 Å². The molecule has 2 atom stereocenters. The molecular weight excluding hydrogens is 462 g/mol. The zero-order valence-corrected chi connectivity index (χ0v) is 18.6. The van der Waals surface area contributed by atoms with Gasteiger partial charge in [0.2, 0.25) is 5.90 Å². The highest BCUT2D eigenvalue weighted by Crippen LogP contribution is 2.44. The van der Waals surface area contributed by atoms with Crippen LogP contribution in [0.15, 0.2) is 68.4 Å². The Labute approximate surface area is 188 Å². The van der Waals surface area contributed by atoms with Crippen molar-refractivity contribution in [2.75, 3.05) is 13.2 Å². The van der Waals surface area contributed by atoms with Crippen molar-refractivity contribution < 1.29 is 9.53 Å². The number of rotatable bonds is 3. The highest BCUT2D eigenvalue weighted by atomic mass is 79.9. The van der Waals surface area contributed by atoms with Crippen molar-refractivity contribution in [2.45, 2.75) is 18.3 Å². The van der Waals surface area contributed by atoms with Crippen molar-refractivity contribution in [3.63, 3.8) is 0 Å². The molecule has 0 saturated heterocycles. The normalized spacial score (nSPS) is 22.1. The van der Waals surface area contributed by atoms with Gasteiger partial charge in [-0.1, -0.05) is 52.3 Å². The molecule has 152 valence electrons. The minimum Gasteiger partial charge on any atom is -0.470 e. The maximum Gasteiger partial charge on any atom is 0.260 e. The molecular formula is C23H20BrN3O2S. The summed E-state index contributed by atoms with van der Waals surface area (Å²) in [5.74, 6) is 0.488. The zero-order valence-electron chi connectivity index (χ0n) is 16.2. The van der Waals surface area contributed by atoms with Gasteiger partial charge >= 0.3 is 0 Å². The van der Waals surface area contributed by atoms with E-state index in [0.717, 1.165) is 28.6 Å². The molecule has 0 bridgehead atoms. The maximum atomic E-state index is 12.8. The lowest BCUT2D eigenvalue weighted by molar-refractivity contribution is -0.134. The van der Waals surface area contributed by atoms with E-state index in [1.807, 2.05) is 23.1 Å². The van der Waals surface area contributed by atoms with Crippen LogP contribution in [0.5, 0.6) is 0 Å². The fourth-order valence-electron chi connectivity index (χ4n) is 4.01. The van der Waals surface area contributed by atoms with Crippen molar-refractivity contribution in [1.82, 2.24) is 4.90 Å². The van der Waals surface area contributed by atoms with Crippen LogP contribution in [0, 0.1) is 5.92 Å². The summed E-state index contributed by atoms with van der Waals surface area (Å²) in [6.07, 6.45) is 2.43. The van der Waals surface area contributed by atoms with Crippen LogP contribution in [0.1, 0.15) is 16.7 Å². The molecule has 0 fully saturated rings. The fraction of sp³-hybridized carbons (Fsp3) is 0.261. The molecule has 5 nitrogen and oxygen atoms in total. The molecule has 3 aliphatic rings. The maximum absolute atomic E-state index is 12.8. The van der Waals surface area contributed by atoms with Gasteiger partial charge in [0, 0.05) is 17.6 Å². The molecule has 0 saturated carbocycles. The van der Waals surface area contributed by atoms with Crippen molar-refractivity contribution in [1.29, 1.82) is 0 Å². The molecule has 0 radical (unpaired) electrons. The molecule has 1 amide bonds. The summed E-state index contributed by atoms with van der Waals surface area (Å²) in [6, 6.07) is 16.5. The third-order valence-electron chi connectivity index (χ3n) is 5.62. The largest absolute Gasteiger partial charge is 0.470 e. The minimum atomic E-state index is -0.0731. The van der Waals surface area contributed by atoms with Crippen LogP contribution in [-0.2, 0) is 22.5 Å². The van der Waals surface area contributed by atoms with Crippen LogP contribution >= 0.6 is 27.7 Å². The molecule has 0 spiro atoms. The number of hydrogen-bond donors (Lipinski definition) is 0. The van der Waals surface area contributed by atoms with Gasteiger partial charge in [0.15, 0.2) is 6.61 Å². The highest BCUT2D eigenvalue weighted by Gasteiger charge is 2.38. The Morgan fingerprint density at radius 1 is 1.17 bits per heavy atom. The van der Waals surface area contributed by atoms with E-state index in [2.05, 4.69) is 61.7 Å². The van der Waals surface area contributed by atoms with E-state index in [1.165, 1.54) is 11.1 Å². The number of aliphatic imine (C=N–C) groups is 2. The zero-order chi connectivity index (χ0) is 20.5. The predicted octanol–water partition coefficient (Wildman–Crippen LogP) is 4.52. The van der Waals surface area contributed by atoms with Gasteiger partial charge in [-0.05, 0) is 46.2 Å². The summed E-state index contributed by atoms with van der Waals surface area (Å²) in [5.41, 5.74) is 4.79. The van der Waals surface area contributed by atoms with Crippen LogP contribution in [0.3, 0.4) is 0 Å². The van der Waals surface area contributed by atoms with E-state index in [1.54, 1.807) is 18.1 Å². The van der Waals surface area contributed by atoms with Crippen LogP contribution in [0.25, 0.3) is 5.57 Å². The monoisotopic (exact) mass is 481 g/mol. The summed E-state index contributed by atoms with van der Waals surface area (Å²) in [7, 11) is 0. The van der Waals surface area contributed by atoms with Gasteiger partial charge in [-0.25, -0.2) is 4.99 Å². The van der Waals surface area contributed by atoms with Crippen LogP contribution in [0.4, 0.5) is 0 Å².